The second kappa shape index (κ2) is 10.5. The van der Waals surface area contributed by atoms with Crippen LogP contribution < -0.4 is 10.2 Å². The van der Waals surface area contributed by atoms with Crippen LogP contribution in [0.25, 0.3) is 5.57 Å². The molecule has 168 valence electrons. The molecule has 1 aliphatic carbocycles. The first-order valence-electron chi connectivity index (χ1n) is 11.9. The highest BCUT2D eigenvalue weighted by Gasteiger charge is 2.22. The van der Waals surface area contributed by atoms with Gasteiger partial charge in [0.2, 0.25) is 0 Å². The van der Waals surface area contributed by atoms with E-state index in [0.717, 1.165) is 31.9 Å². The normalized spacial score (nSPS) is 16.8. The van der Waals surface area contributed by atoms with Crippen molar-refractivity contribution in [1.82, 2.24) is 10.3 Å². The average molecular weight is 420 g/mol. The SMILES string of the molecule is CC1=C(c2c(N3CCNCC3)cc(C)nc2C)CCCC1.Cc1cc(C)c(C)c(C)c1. The van der Waals surface area contributed by atoms with Crippen LogP contribution in [0.1, 0.15) is 71.8 Å². The molecule has 0 radical (unpaired) electrons. The highest BCUT2D eigenvalue weighted by molar-refractivity contribution is 5.80. The van der Waals surface area contributed by atoms with Crippen molar-refractivity contribution in [2.24, 2.45) is 0 Å². The smallest absolute Gasteiger partial charge is 0.0480 e. The van der Waals surface area contributed by atoms with Crippen LogP contribution in [0.3, 0.4) is 0 Å². The van der Waals surface area contributed by atoms with E-state index >= 15 is 0 Å². The van der Waals surface area contributed by atoms with Gasteiger partial charge >= 0.3 is 0 Å². The van der Waals surface area contributed by atoms with Crippen molar-refractivity contribution in [3.63, 3.8) is 0 Å². The van der Waals surface area contributed by atoms with Gasteiger partial charge in [0.15, 0.2) is 0 Å². The van der Waals surface area contributed by atoms with Gasteiger partial charge in [-0.25, -0.2) is 0 Å². The van der Waals surface area contributed by atoms with Crippen LogP contribution in [0, 0.1) is 41.5 Å². The fourth-order valence-corrected chi connectivity index (χ4v) is 4.98. The van der Waals surface area contributed by atoms with Gasteiger partial charge in [0.05, 0.1) is 0 Å². The van der Waals surface area contributed by atoms with Crippen LogP contribution in [-0.2, 0) is 0 Å². The Labute approximate surface area is 190 Å². The molecule has 1 saturated heterocycles. The molecule has 1 fully saturated rings. The lowest BCUT2D eigenvalue weighted by molar-refractivity contribution is 0.588. The van der Waals surface area contributed by atoms with Crippen molar-refractivity contribution in [2.75, 3.05) is 31.1 Å². The lowest BCUT2D eigenvalue weighted by atomic mass is 9.86. The van der Waals surface area contributed by atoms with E-state index in [1.54, 1.807) is 11.1 Å². The Balaban J connectivity index is 0.000000229. The summed E-state index contributed by atoms with van der Waals surface area (Å²) < 4.78 is 0. The van der Waals surface area contributed by atoms with Crippen LogP contribution in [0.4, 0.5) is 5.69 Å². The number of nitrogens with one attached hydrogen (secondary N) is 1. The molecule has 1 aromatic heterocycles. The fraction of sp³-hybridized carbons (Fsp3) is 0.536. The molecule has 0 amide bonds. The second-order valence-corrected chi connectivity index (χ2v) is 9.47. The Bertz CT molecular complexity index is 926. The number of allylic oxidation sites excluding steroid dienone is 2. The predicted molar refractivity (Wildman–Crippen MR) is 135 cm³/mol. The largest absolute Gasteiger partial charge is 0.368 e. The third kappa shape index (κ3) is 5.77. The standard InChI is InChI=1S/C18H27N3.C10H14/c1-13-6-4-5-7-16(13)18-15(3)20-14(2)12-17(18)21-10-8-19-9-11-21;1-7-5-8(2)10(4)9(3)6-7/h12,19H,4-11H2,1-3H3;5-6H,1-4H3. The lowest BCUT2D eigenvalue weighted by Crippen LogP contribution is -2.44. The molecule has 1 N–H and O–H groups in total. The molecule has 0 unspecified atom stereocenters. The van der Waals surface area contributed by atoms with Crippen molar-refractivity contribution >= 4 is 11.3 Å². The summed E-state index contributed by atoms with van der Waals surface area (Å²) in [5.74, 6) is 0. The number of anilines is 1. The third-order valence-corrected chi connectivity index (χ3v) is 6.88. The molecule has 3 heteroatoms. The van der Waals surface area contributed by atoms with Gasteiger partial charge in [-0.3, -0.25) is 4.98 Å². The Kier molecular flexibility index (Phi) is 7.94. The molecule has 31 heavy (non-hydrogen) atoms. The van der Waals surface area contributed by atoms with Gasteiger partial charge in [-0.2, -0.15) is 0 Å². The Hall–Kier alpha value is -2.13. The summed E-state index contributed by atoms with van der Waals surface area (Å²) in [6, 6.07) is 6.74. The monoisotopic (exact) mass is 419 g/mol. The lowest BCUT2D eigenvalue weighted by Gasteiger charge is -2.33. The molecule has 4 rings (SSSR count). The van der Waals surface area contributed by atoms with Gasteiger partial charge in [-0.1, -0.05) is 23.3 Å². The van der Waals surface area contributed by atoms with E-state index in [2.05, 4.69) is 76.9 Å². The molecular formula is C28H41N3. The molecule has 0 saturated carbocycles. The fourth-order valence-electron chi connectivity index (χ4n) is 4.98. The topological polar surface area (TPSA) is 28.2 Å². The molecule has 3 nitrogen and oxygen atoms in total. The highest BCUT2D eigenvalue weighted by atomic mass is 15.2. The highest BCUT2D eigenvalue weighted by Crippen LogP contribution is 2.38. The van der Waals surface area contributed by atoms with Crippen molar-refractivity contribution in [3.8, 4) is 0 Å². The maximum atomic E-state index is 4.76. The molecule has 0 bridgehead atoms. The summed E-state index contributed by atoms with van der Waals surface area (Å²) in [6.07, 6.45) is 5.14. The van der Waals surface area contributed by atoms with Gasteiger partial charge in [-0.15, -0.1) is 0 Å². The first-order valence-corrected chi connectivity index (χ1v) is 11.9. The average Bonchev–Trinajstić information content (AvgIpc) is 2.73. The number of aryl methyl sites for hydroxylation is 5. The number of hydrogen-bond donors (Lipinski definition) is 1. The summed E-state index contributed by atoms with van der Waals surface area (Å²) in [6.45, 7) is 19.6. The minimum absolute atomic E-state index is 1.08. The van der Waals surface area contributed by atoms with E-state index in [0.29, 0.717) is 0 Å². The number of piperazine rings is 1. The molecular weight excluding hydrogens is 378 g/mol. The third-order valence-electron chi connectivity index (χ3n) is 6.88. The molecule has 2 aliphatic rings. The number of nitrogens with zero attached hydrogens (tertiary/aromatic N) is 2. The molecule has 2 aromatic rings. The van der Waals surface area contributed by atoms with Crippen molar-refractivity contribution in [2.45, 2.75) is 74.1 Å². The van der Waals surface area contributed by atoms with Gasteiger partial charge in [0.1, 0.15) is 0 Å². The van der Waals surface area contributed by atoms with E-state index in [1.165, 1.54) is 64.9 Å². The van der Waals surface area contributed by atoms with E-state index in [-0.39, 0.29) is 0 Å². The van der Waals surface area contributed by atoms with Gasteiger partial charge < -0.3 is 10.2 Å². The van der Waals surface area contributed by atoms with E-state index in [4.69, 9.17) is 4.98 Å². The summed E-state index contributed by atoms with van der Waals surface area (Å²) in [4.78, 5) is 7.31. The van der Waals surface area contributed by atoms with Crippen LogP contribution in [0.2, 0.25) is 0 Å². The Morgan fingerprint density at radius 3 is 2.03 bits per heavy atom. The van der Waals surface area contributed by atoms with Crippen molar-refractivity contribution in [3.05, 3.63) is 63.0 Å². The summed E-state index contributed by atoms with van der Waals surface area (Å²) in [5.41, 5.74) is 13.9. The Morgan fingerprint density at radius 2 is 1.42 bits per heavy atom. The zero-order valence-corrected chi connectivity index (χ0v) is 20.8. The molecule has 0 spiro atoms. The zero-order chi connectivity index (χ0) is 22.5. The van der Waals surface area contributed by atoms with E-state index in [1.807, 2.05) is 0 Å². The van der Waals surface area contributed by atoms with Crippen LogP contribution in [-0.4, -0.2) is 31.2 Å². The van der Waals surface area contributed by atoms with Gasteiger partial charge in [0.25, 0.3) is 0 Å². The Morgan fingerprint density at radius 1 is 0.806 bits per heavy atom. The summed E-state index contributed by atoms with van der Waals surface area (Å²) in [5, 5.41) is 3.45. The predicted octanol–water partition coefficient (Wildman–Crippen LogP) is 6.38. The maximum Gasteiger partial charge on any atom is 0.0480 e. The first-order chi connectivity index (χ1) is 14.8. The van der Waals surface area contributed by atoms with Crippen LogP contribution >= 0.6 is 0 Å². The maximum absolute atomic E-state index is 4.76. The quantitative estimate of drug-likeness (QED) is 0.612. The minimum Gasteiger partial charge on any atom is -0.368 e. The van der Waals surface area contributed by atoms with Gasteiger partial charge in [0, 0.05) is 48.8 Å². The van der Waals surface area contributed by atoms with Crippen molar-refractivity contribution in [1.29, 1.82) is 0 Å². The van der Waals surface area contributed by atoms with E-state index < -0.39 is 0 Å². The first kappa shape index (κ1) is 23.5. The van der Waals surface area contributed by atoms with Crippen molar-refractivity contribution < 1.29 is 0 Å². The number of rotatable bonds is 2. The van der Waals surface area contributed by atoms with Crippen LogP contribution in [0.5, 0.6) is 0 Å². The zero-order valence-electron chi connectivity index (χ0n) is 20.8. The molecule has 1 aromatic carbocycles. The number of hydrogen-bond acceptors (Lipinski definition) is 3. The van der Waals surface area contributed by atoms with Gasteiger partial charge in [-0.05, 0) is 102 Å². The van der Waals surface area contributed by atoms with E-state index in [9.17, 15) is 0 Å². The molecule has 2 heterocycles. The summed E-state index contributed by atoms with van der Waals surface area (Å²) in [7, 11) is 0. The number of pyridine rings is 1. The molecule has 0 atom stereocenters. The van der Waals surface area contributed by atoms with Crippen LogP contribution in [0.15, 0.2) is 23.8 Å². The number of benzene rings is 1. The number of aromatic nitrogens is 1. The molecule has 1 aliphatic heterocycles. The minimum atomic E-state index is 1.08. The summed E-state index contributed by atoms with van der Waals surface area (Å²) >= 11 is 0. The second-order valence-electron chi connectivity index (χ2n) is 9.47.